The van der Waals surface area contributed by atoms with Crippen LogP contribution in [0.2, 0.25) is 0 Å². The molecule has 4 rings (SSSR count). The summed E-state index contributed by atoms with van der Waals surface area (Å²) in [5, 5.41) is 25.1. The molecule has 0 fully saturated rings. The normalized spacial score (nSPS) is 15.1. The van der Waals surface area contributed by atoms with E-state index >= 15 is 0 Å². The molecule has 1 aliphatic heterocycles. The van der Waals surface area contributed by atoms with E-state index in [1.54, 1.807) is 42.3 Å². The van der Waals surface area contributed by atoms with Gasteiger partial charge >= 0.3 is 0 Å². The number of anilines is 2. The number of aryl methyl sites for hydroxylation is 1. The van der Waals surface area contributed by atoms with Gasteiger partial charge in [-0.3, -0.25) is 14.6 Å². The molecule has 0 saturated carbocycles. The molecule has 1 aromatic carbocycles. The number of allylic oxidation sites excluding steroid dienone is 5. The van der Waals surface area contributed by atoms with E-state index in [9.17, 15) is 9.90 Å². The number of aromatic amines is 1. The maximum Gasteiger partial charge on any atom is 0.248 e. The van der Waals surface area contributed by atoms with Gasteiger partial charge in [-0.1, -0.05) is 37.8 Å². The predicted molar refractivity (Wildman–Crippen MR) is 131 cm³/mol. The Labute approximate surface area is 192 Å². The molecular formula is C24H29N7O2. The number of carbonyl (C=O) groups excluding carboxylic acids is 1. The molecule has 1 unspecified atom stereocenters. The zero-order valence-electron chi connectivity index (χ0n) is 19.0. The number of hydrogen-bond acceptors (Lipinski definition) is 6. The van der Waals surface area contributed by atoms with Crippen molar-refractivity contribution in [1.82, 2.24) is 20.0 Å². The summed E-state index contributed by atoms with van der Waals surface area (Å²) < 4.78 is 1.66. The second kappa shape index (κ2) is 10.4. The number of rotatable bonds is 6. The first-order valence-electron chi connectivity index (χ1n) is 10.5. The quantitative estimate of drug-likeness (QED) is 0.427. The van der Waals surface area contributed by atoms with Gasteiger partial charge in [-0.25, -0.2) is 0 Å². The van der Waals surface area contributed by atoms with Crippen molar-refractivity contribution in [3.05, 3.63) is 84.5 Å². The first-order valence-corrected chi connectivity index (χ1v) is 10.5. The molecule has 33 heavy (non-hydrogen) atoms. The van der Waals surface area contributed by atoms with Gasteiger partial charge in [0.15, 0.2) is 5.75 Å². The Kier molecular flexibility index (Phi) is 7.34. The molecule has 0 spiro atoms. The van der Waals surface area contributed by atoms with Crippen molar-refractivity contribution < 1.29 is 9.90 Å². The van der Waals surface area contributed by atoms with Crippen LogP contribution in [-0.4, -0.2) is 38.0 Å². The number of amides is 1. The molecule has 172 valence electrons. The second-order valence-electron chi connectivity index (χ2n) is 7.39. The molecule has 3 heterocycles. The minimum atomic E-state index is -0.483. The molecule has 0 radical (unpaired) electrons. The number of aromatic hydroxyl groups is 1. The molecule has 2 aromatic heterocycles. The fraction of sp³-hybridized carbons (Fsp3) is 0.208. The molecule has 0 bridgehead atoms. The predicted octanol–water partition coefficient (Wildman–Crippen LogP) is 3.73. The van der Waals surface area contributed by atoms with Crippen LogP contribution in [-0.2, 0) is 7.05 Å². The van der Waals surface area contributed by atoms with Crippen molar-refractivity contribution in [2.45, 2.75) is 19.5 Å². The minimum absolute atomic E-state index is 0.101. The van der Waals surface area contributed by atoms with Gasteiger partial charge in [-0.05, 0) is 30.7 Å². The van der Waals surface area contributed by atoms with E-state index in [2.05, 4.69) is 27.2 Å². The van der Waals surface area contributed by atoms with E-state index < -0.39 is 5.91 Å². The van der Waals surface area contributed by atoms with E-state index in [1.807, 2.05) is 49.2 Å². The summed E-state index contributed by atoms with van der Waals surface area (Å²) in [6.07, 6.45) is 11.4. The van der Waals surface area contributed by atoms with Gasteiger partial charge in [0, 0.05) is 37.6 Å². The third-order valence-electron chi connectivity index (χ3n) is 5.17. The van der Waals surface area contributed by atoms with Gasteiger partial charge in [0.05, 0.1) is 11.4 Å². The molecule has 1 atom stereocenters. The van der Waals surface area contributed by atoms with Crippen LogP contribution in [0.5, 0.6) is 5.75 Å². The van der Waals surface area contributed by atoms with Crippen LogP contribution < -0.4 is 16.0 Å². The van der Waals surface area contributed by atoms with E-state index in [1.165, 1.54) is 0 Å². The lowest BCUT2D eigenvalue weighted by molar-refractivity contribution is 0.100. The number of nitrogens with two attached hydrogens (primary N) is 1. The number of primary amides is 1. The van der Waals surface area contributed by atoms with Gasteiger partial charge in [-0.2, -0.15) is 10.2 Å². The summed E-state index contributed by atoms with van der Waals surface area (Å²) in [5.74, 6) is -0.382. The van der Waals surface area contributed by atoms with Gasteiger partial charge in [-0.15, -0.1) is 0 Å². The molecule has 1 aliphatic rings. The van der Waals surface area contributed by atoms with E-state index in [0.29, 0.717) is 17.0 Å². The van der Waals surface area contributed by atoms with Crippen LogP contribution in [0.25, 0.3) is 5.57 Å². The molecule has 9 nitrogen and oxygen atoms in total. The number of carbonyl (C=O) groups is 1. The maximum atomic E-state index is 11.5. The first kappa shape index (κ1) is 23.4. The van der Waals surface area contributed by atoms with Crippen molar-refractivity contribution >= 4 is 22.9 Å². The third-order valence-corrected chi connectivity index (χ3v) is 5.17. The number of aromatic nitrogens is 4. The van der Waals surface area contributed by atoms with Gasteiger partial charge < -0.3 is 21.1 Å². The average molecular weight is 448 g/mol. The molecule has 0 saturated heterocycles. The second-order valence-corrected chi connectivity index (χ2v) is 7.39. The van der Waals surface area contributed by atoms with Gasteiger partial charge in [0.1, 0.15) is 17.6 Å². The van der Waals surface area contributed by atoms with E-state index in [0.717, 1.165) is 23.4 Å². The van der Waals surface area contributed by atoms with Crippen molar-refractivity contribution in [1.29, 1.82) is 0 Å². The third kappa shape index (κ3) is 4.98. The Morgan fingerprint density at radius 3 is 2.73 bits per heavy atom. The highest BCUT2D eigenvalue weighted by Crippen LogP contribution is 2.44. The summed E-state index contributed by atoms with van der Waals surface area (Å²) in [7, 11) is 3.71. The summed E-state index contributed by atoms with van der Waals surface area (Å²) in [5.41, 5.74) is 9.39. The highest BCUT2D eigenvalue weighted by atomic mass is 16.3. The Balaban J connectivity index is 0.000000541. The average Bonchev–Trinajstić information content (AvgIpc) is 3.53. The molecule has 5 N–H and O–H groups in total. The number of H-pyrrole nitrogens is 1. The van der Waals surface area contributed by atoms with Crippen LogP contribution >= 0.6 is 0 Å². The Morgan fingerprint density at radius 2 is 2.15 bits per heavy atom. The first-order chi connectivity index (χ1) is 15.9. The van der Waals surface area contributed by atoms with E-state index in [-0.39, 0.29) is 11.9 Å². The van der Waals surface area contributed by atoms with Crippen LogP contribution in [0.1, 0.15) is 41.3 Å². The summed E-state index contributed by atoms with van der Waals surface area (Å²) in [4.78, 5) is 13.5. The van der Waals surface area contributed by atoms with Crippen molar-refractivity contribution in [3.8, 4) is 5.75 Å². The summed E-state index contributed by atoms with van der Waals surface area (Å²) in [6.45, 7) is 5.79. The highest BCUT2D eigenvalue weighted by molar-refractivity contribution is 5.96. The number of nitrogens with zero attached hydrogens (tertiary/aromatic N) is 4. The number of nitrogens with one attached hydrogen (secondary N) is 2. The zero-order chi connectivity index (χ0) is 24.0. The smallest absolute Gasteiger partial charge is 0.248 e. The lowest BCUT2D eigenvalue weighted by atomic mass is 10.1. The zero-order valence-corrected chi connectivity index (χ0v) is 19.0. The molecule has 1 amide bonds. The molecule has 3 aromatic rings. The van der Waals surface area contributed by atoms with E-state index in [4.69, 9.17) is 5.73 Å². The topological polar surface area (TPSA) is 125 Å². The molecule has 9 heteroatoms. The maximum absolute atomic E-state index is 11.5. The fourth-order valence-electron chi connectivity index (χ4n) is 3.57. The Morgan fingerprint density at radius 1 is 1.36 bits per heavy atom. The highest BCUT2D eigenvalue weighted by Gasteiger charge is 2.33. The lowest BCUT2D eigenvalue weighted by Gasteiger charge is -2.22. The Bertz CT molecular complexity index is 1160. The number of fused-ring (bicyclic) bond motifs is 1. The monoisotopic (exact) mass is 447 g/mol. The van der Waals surface area contributed by atoms with Crippen molar-refractivity contribution in [2.75, 3.05) is 17.3 Å². The summed E-state index contributed by atoms with van der Waals surface area (Å²) in [6, 6.07) is 7.08. The SMILES string of the molecule is C=C/C=C(\C=C/CC)c1nn(C)c(C2Nc3cc(C(N)=O)ccc3N2C)c1O.c1cn[nH]c1. The van der Waals surface area contributed by atoms with Crippen LogP contribution in [0.15, 0.2) is 67.5 Å². The number of hydrogen-bond donors (Lipinski definition) is 4. The van der Waals surface area contributed by atoms with Crippen LogP contribution in [0.4, 0.5) is 11.4 Å². The minimum Gasteiger partial charge on any atom is -0.504 e. The van der Waals surface area contributed by atoms with Crippen LogP contribution in [0.3, 0.4) is 0 Å². The van der Waals surface area contributed by atoms with Gasteiger partial charge in [0.25, 0.3) is 0 Å². The summed E-state index contributed by atoms with van der Waals surface area (Å²) >= 11 is 0. The van der Waals surface area contributed by atoms with Crippen molar-refractivity contribution in [3.63, 3.8) is 0 Å². The molecular weight excluding hydrogens is 418 g/mol. The standard InChI is InChI=1S/C21H25N5O2.C3H4N2/c1-5-7-9-13(8-6-2)17-19(27)18(26(4)24-17)21-23-15-12-14(20(22)28)10-11-16(15)25(21)3;1-2-4-5-3-1/h6-12,21,23,27H,2,5H2,1,3-4H3,(H2,22,28);1-3H,(H,4,5)/b9-7-,13-8+;. The van der Waals surface area contributed by atoms with Gasteiger partial charge in [0.2, 0.25) is 5.91 Å². The van der Waals surface area contributed by atoms with Crippen molar-refractivity contribution in [2.24, 2.45) is 12.8 Å². The largest absolute Gasteiger partial charge is 0.504 e. The lowest BCUT2D eigenvalue weighted by Crippen LogP contribution is -2.25. The fourth-order valence-corrected chi connectivity index (χ4v) is 3.57. The van der Waals surface area contributed by atoms with Crippen LogP contribution in [0, 0.1) is 0 Å². The molecule has 0 aliphatic carbocycles. The Hall–Kier alpha value is -4.27. The number of benzene rings is 1.